The summed E-state index contributed by atoms with van der Waals surface area (Å²) in [6.07, 6.45) is 8.09. The van der Waals surface area contributed by atoms with Crippen LogP contribution in [0.25, 0.3) is 0 Å². The molecule has 1 fully saturated rings. The van der Waals surface area contributed by atoms with Crippen LogP contribution in [-0.2, 0) is 0 Å². The quantitative estimate of drug-likeness (QED) is 0.767. The molecule has 1 saturated heterocycles. The average molecular weight is 245 g/mol. The van der Waals surface area contributed by atoms with E-state index in [9.17, 15) is 0 Å². The van der Waals surface area contributed by atoms with Crippen LogP contribution in [0.2, 0.25) is 0 Å². The Morgan fingerprint density at radius 3 is 2.61 bits per heavy atom. The van der Waals surface area contributed by atoms with Crippen molar-refractivity contribution in [3.05, 3.63) is 30.6 Å². The number of hydrogen-bond donors (Lipinski definition) is 1. The zero-order valence-electron chi connectivity index (χ0n) is 10.5. The highest BCUT2D eigenvalue weighted by Gasteiger charge is 2.20. The van der Waals surface area contributed by atoms with E-state index in [4.69, 9.17) is 0 Å². The summed E-state index contributed by atoms with van der Waals surface area (Å²) >= 11 is 0. The molecule has 1 aromatic heterocycles. The molecule has 0 saturated carbocycles. The fourth-order valence-electron chi connectivity index (χ4n) is 2.51. The molecular weight excluding hydrogens is 226 g/mol. The molecule has 2 aliphatic heterocycles. The second-order valence-corrected chi connectivity index (χ2v) is 4.78. The number of nitrogens with one attached hydrogen (secondary N) is 1. The minimum absolute atomic E-state index is 0.532. The maximum atomic E-state index is 4.30. The van der Waals surface area contributed by atoms with Gasteiger partial charge in [0.25, 0.3) is 0 Å². The summed E-state index contributed by atoms with van der Waals surface area (Å²) < 4.78 is 0. The highest BCUT2D eigenvalue weighted by atomic mass is 15.3. The smallest absolute Gasteiger partial charge is 0.225 e. The number of rotatable bonds is 3. The van der Waals surface area contributed by atoms with Gasteiger partial charge in [-0.1, -0.05) is 12.2 Å². The van der Waals surface area contributed by atoms with E-state index >= 15 is 0 Å². The third kappa shape index (κ3) is 2.68. The van der Waals surface area contributed by atoms with E-state index in [0.717, 1.165) is 45.2 Å². The van der Waals surface area contributed by atoms with Gasteiger partial charge in [-0.25, -0.2) is 9.97 Å². The molecule has 0 bridgehead atoms. The largest absolute Gasteiger partial charge is 0.338 e. The molecule has 3 rings (SSSR count). The molecule has 1 atom stereocenters. The van der Waals surface area contributed by atoms with Gasteiger partial charge < -0.3 is 10.2 Å². The molecule has 0 aromatic carbocycles. The Hall–Kier alpha value is -1.46. The van der Waals surface area contributed by atoms with E-state index < -0.39 is 0 Å². The van der Waals surface area contributed by atoms with E-state index in [1.165, 1.54) is 0 Å². The van der Waals surface area contributed by atoms with Crippen molar-refractivity contribution in [3.63, 3.8) is 0 Å². The normalized spacial score (nSPS) is 24.7. The molecule has 5 nitrogen and oxygen atoms in total. The summed E-state index contributed by atoms with van der Waals surface area (Å²) in [4.78, 5) is 13.4. The maximum Gasteiger partial charge on any atom is 0.225 e. The molecule has 3 heterocycles. The summed E-state index contributed by atoms with van der Waals surface area (Å²) in [6, 6.07) is 2.39. The van der Waals surface area contributed by atoms with Crippen LogP contribution in [0.3, 0.4) is 0 Å². The first kappa shape index (κ1) is 11.6. The van der Waals surface area contributed by atoms with Crippen molar-refractivity contribution in [1.29, 1.82) is 0 Å². The van der Waals surface area contributed by atoms with Crippen LogP contribution in [-0.4, -0.2) is 60.2 Å². The minimum atomic E-state index is 0.532. The number of piperazine rings is 1. The zero-order valence-corrected chi connectivity index (χ0v) is 10.5. The van der Waals surface area contributed by atoms with Gasteiger partial charge in [-0.2, -0.15) is 0 Å². The lowest BCUT2D eigenvalue weighted by atomic mass is 10.2. The first-order valence-corrected chi connectivity index (χ1v) is 6.56. The fourth-order valence-corrected chi connectivity index (χ4v) is 2.51. The van der Waals surface area contributed by atoms with Crippen molar-refractivity contribution in [1.82, 2.24) is 20.2 Å². The van der Waals surface area contributed by atoms with Crippen molar-refractivity contribution >= 4 is 5.95 Å². The SMILES string of the molecule is C1=CC(CN2CCN(c3ncccn3)CC2)NC1. The molecule has 0 amide bonds. The molecule has 2 aliphatic rings. The van der Waals surface area contributed by atoms with Crippen molar-refractivity contribution in [3.8, 4) is 0 Å². The highest BCUT2D eigenvalue weighted by Crippen LogP contribution is 2.10. The Kier molecular flexibility index (Phi) is 3.52. The topological polar surface area (TPSA) is 44.3 Å². The minimum Gasteiger partial charge on any atom is -0.338 e. The zero-order chi connectivity index (χ0) is 12.2. The van der Waals surface area contributed by atoms with Gasteiger partial charge in [0.1, 0.15) is 0 Å². The molecule has 18 heavy (non-hydrogen) atoms. The molecule has 96 valence electrons. The molecule has 0 spiro atoms. The Morgan fingerprint density at radius 2 is 1.94 bits per heavy atom. The Bertz CT molecular complexity index is 397. The van der Waals surface area contributed by atoms with Crippen molar-refractivity contribution < 1.29 is 0 Å². The summed E-state index contributed by atoms with van der Waals surface area (Å²) in [7, 11) is 0. The Balaban J connectivity index is 1.50. The maximum absolute atomic E-state index is 4.30. The molecule has 5 heteroatoms. The second kappa shape index (κ2) is 5.46. The van der Waals surface area contributed by atoms with Gasteiger partial charge >= 0.3 is 0 Å². The lowest BCUT2D eigenvalue weighted by molar-refractivity contribution is 0.244. The Morgan fingerprint density at radius 1 is 1.17 bits per heavy atom. The highest BCUT2D eigenvalue weighted by molar-refractivity contribution is 5.29. The van der Waals surface area contributed by atoms with Crippen molar-refractivity contribution in [2.24, 2.45) is 0 Å². The molecule has 1 unspecified atom stereocenters. The first-order valence-electron chi connectivity index (χ1n) is 6.56. The van der Waals surface area contributed by atoms with E-state index in [-0.39, 0.29) is 0 Å². The third-order valence-electron chi connectivity index (χ3n) is 3.53. The predicted octanol–water partition coefficient (Wildman–Crippen LogP) is 0.127. The van der Waals surface area contributed by atoms with Crippen LogP contribution < -0.4 is 10.2 Å². The molecule has 0 radical (unpaired) electrons. The van der Waals surface area contributed by atoms with Gasteiger partial charge in [0.2, 0.25) is 5.95 Å². The number of anilines is 1. The van der Waals surface area contributed by atoms with Crippen LogP contribution >= 0.6 is 0 Å². The monoisotopic (exact) mass is 245 g/mol. The molecule has 0 aliphatic carbocycles. The fraction of sp³-hybridized carbons (Fsp3) is 0.538. The number of hydrogen-bond acceptors (Lipinski definition) is 5. The third-order valence-corrected chi connectivity index (χ3v) is 3.53. The van der Waals surface area contributed by atoms with Crippen molar-refractivity contribution in [2.45, 2.75) is 6.04 Å². The molecular formula is C13H19N5. The lowest BCUT2D eigenvalue weighted by Gasteiger charge is -2.35. The van der Waals surface area contributed by atoms with Gasteiger partial charge in [-0.3, -0.25) is 4.90 Å². The van der Waals surface area contributed by atoms with Gasteiger partial charge in [0.15, 0.2) is 0 Å². The van der Waals surface area contributed by atoms with Crippen LogP contribution in [0.1, 0.15) is 0 Å². The number of nitrogens with zero attached hydrogens (tertiary/aromatic N) is 4. The van der Waals surface area contributed by atoms with Crippen molar-refractivity contribution in [2.75, 3.05) is 44.2 Å². The standard InChI is InChI=1S/C13H19N5/c1-3-12(14-4-1)11-17-7-9-18(10-8-17)13-15-5-2-6-16-13/h1-3,5-6,12,14H,4,7-11H2. The average Bonchev–Trinajstić information content (AvgIpc) is 2.94. The van der Waals surface area contributed by atoms with Crippen LogP contribution in [0.15, 0.2) is 30.6 Å². The van der Waals surface area contributed by atoms with Gasteiger partial charge in [0, 0.05) is 57.7 Å². The van der Waals surface area contributed by atoms with E-state index in [1.807, 2.05) is 18.5 Å². The van der Waals surface area contributed by atoms with Crippen LogP contribution in [0.4, 0.5) is 5.95 Å². The van der Waals surface area contributed by atoms with Crippen LogP contribution in [0, 0.1) is 0 Å². The van der Waals surface area contributed by atoms with Gasteiger partial charge in [-0.05, 0) is 6.07 Å². The van der Waals surface area contributed by atoms with E-state index in [0.29, 0.717) is 6.04 Å². The Labute approximate surface area is 108 Å². The molecule has 1 aromatic rings. The van der Waals surface area contributed by atoms with Crippen LogP contribution in [0.5, 0.6) is 0 Å². The number of aromatic nitrogens is 2. The lowest BCUT2D eigenvalue weighted by Crippen LogP contribution is -2.50. The summed E-state index contributed by atoms with van der Waals surface area (Å²) in [5.41, 5.74) is 0. The second-order valence-electron chi connectivity index (χ2n) is 4.78. The van der Waals surface area contributed by atoms with E-state index in [1.54, 1.807) is 0 Å². The predicted molar refractivity (Wildman–Crippen MR) is 71.6 cm³/mol. The van der Waals surface area contributed by atoms with Gasteiger partial charge in [-0.15, -0.1) is 0 Å². The molecule has 1 N–H and O–H groups in total. The van der Waals surface area contributed by atoms with E-state index in [2.05, 4.69) is 37.2 Å². The summed E-state index contributed by atoms with van der Waals surface area (Å²) in [6.45, 7) is 6.33. The van der Waals surface area contributed by atoms with Gasteiger partial charge in [0.05, 0.1) is 0 Å². The summed E-state index contributed by atoms with van der Waals surface area (Å²) in [5.74, 6) is 0.857. The first-order chi connectivity index (χ1) is 8.92. The summed E-state index contributed by atoms with van der Waals surface area (Å²) in [5, 5.41) is 3.46.